The number of nitrogens with one attached hydrogen (secondary N) is 2. The molecule has 0 aliphatic rings. The molecule has 0 saturated heterocycles. The number of benzene rings is 1. The van der Waals surface area contributed by atoms with Crippen LogP contribution in [0.3, 0.4) is 0 Å². The number of urea groups is 1. The lowest BCUT2D eigenvalue weighted by molar-refractivity contribution is 0.220. The van der Waals surface area contributed by atoms with Gasteiger partial charge < -0.3 is 14.6 Å². The molecular weight excluding hydrogens is 301 g/mol. The van der Waals surface area contributed by atoms with Gasteiger partial charge in [0.1, 0.15) is 12.4 Å². The summed E-state index contributed by atoms with van der Waals surface area (Å²) in [5, 5.41) is 6.30. The van der Waals surface area contributed by atoms with E-state index in [9.17, 15) is 9.18 Å². The molecule has 122 valence electrons. The van der Waals surface area contributed by atoms with Crippen LogP contribution in [0.25, 0.3) is 0 Å². The number of aryl methyl sites for hydroxylation is 2. The summed E-state index contributed by atoms with van der Waals surface area (Å²) in [4.78, 5) is 11.8. The third-order valence-electron chi connectivity index (χ3n) is 3.36. The van der Waals surface area contributed by atoms with E-state index < -0.39 is 12.0 Å². The average molecular weight is 319 g/mol. The maximum Gasteiger partial charge on any atom is 0.343 e. The van der Waals surface area contributed by atoms with Crippen molar-refractivity contribution >= 4 is 11.7 Å². The van der Waals surface area contributed by atoms with Gasteiger partial charge in [-0.25, -0.2) is 4.79 Å². The molecule has 23 heavy (non-hydrogen) atoms. The van der Waals surface area contributed by atoms with Crippen LogP contribution in [-0.2, 0) is 13.7 Å². The molecule has 0 atom stereocenters. The zero-order valence-corrected chi connectivity index (χ0v) is 13.1. The summed E-state index contributed by atoms with van der Waals surface area (Å²) in [5.41, 5.74) is 8.24. The fraction of sp³-hybridized carbons (Fsp3) is 0.267. The Hall–Kier alpha value is -2.90. The first-order chi connectivity index (χ1) is 10.9. The van der Waals surface area contributed by atoms with Gasteiger partial charge in [0.15, 0.2) is 0 Å². The molecule has 0 radical (unpaired) electrons. The SMILES string of the molecule is Cc1ccccc1OCc1c(NC(=O)N(C)N=N)cn(C)c1F. The Morgan fingerprint density at radius 1 is 1.48 bits per heavy atom. The third-order valence-corrected chi connectivity index (χ3v) is 3.36. The smallest absolute Gasteiger partial charge is 0.343 e. The maximum absolute atomic E-state index is 14.2. The molecule has 0 aliphatic carbocycles. The number of carbonyl (C=O) groups excluding carboxylic acids is 1. The van der Waals surface area contributed by atoms with Crippen molar-refractivity contribution in [1.29, 1.82) is 5.53 Å². The van der Waals surface area contributed by atoms with Crippen LogP contribution in [0.5, 0.6) is 5.75 Å². The van der Waals surface area contributed by atoms with Gasteiger partial charge in [-0.05, 0) is 18.6 Å². The second-order valence-corrected chi connectivity index (χ2v) is 5.03. The van der Waals surface area contributed by atoms with Gasteiger partial charge >= 0.3 is 6.03 Å². The molecule has 1 heterocycles. The quantitative estimate of drug-likeness (QED) is 0.653. The Morgan fingerprint density at radius 3 is 2.83 bits per heavy atom. The monoisotopic (exact) mass is 319 g/mol. The molecular formula is C15H18FN5O2. The summed E-state index contributed by atoms with van der Waals surface area (Å²) in [7, 11) is 2.85. The Bertz CT molecular complexity index is 729. The molecule has 7 nitrogen and oxygen atoms in total. The molecule has 0 unspecified atom stereocenters. The Morgan fingerprint density at radius 2 is 2.17 bits per heavy atom. The summed E-state index contributed by atoms with van der Waals surface area (Å²) < 4.78 is 21.1. The van der Waals surface area contributed by atoms with E-state index in [0.717, 1.165) is 10.6 Å². The van der Waals surface area contributed by atoms with Crippen LogP contribution in [0, 0.1) is 18.4 Å². The first-order valence-corrected chi connectivity index (χ1v) is 6.88. The van der Waals surface area contributed by atoms with Crippen LogP contribution in [0.15, 0.2) is 35.7 Å². The number of para-hydroxylation sites is 1. The maximum atomic E-state index is 14.2. The number of rotatable bonds is 5. The summed E-state index contributed by atoms with van der Waals surface area (Å²) in [6.07, 6.45) is 1.45. The van der Waals surface area contributed by atoms with Crippen molar-refractivity contribution in [2.24, 2.45) is 12.3 Å². The minimum atomic E-state index is -0.636. The number of halogens is 1. The van der Waals surface area contributed by atoms with Crippen molar-refractivity contribution in [3.63, 3.8) is 0 Å². The number of carbonyl (C=O) groups is 1. The fourth-order valence-electron chi connectivity index (χ4n) is 2.01. The molecule has 0 spiro atoms. The van der Waals surface area contributed by atoms with Crippen molar-refractivity contribution in [2.75, 3.05) is 12.4 Å². The van der Waals surface area contributed by atoms with Crippen molar-refractivity contribution in [2.45, 2.75) is 13.5 Å². The van der Waals surface area contributed by atoms with Crippen molar-refractivity contribution in [3.05, 3.63) is 47.5 Å². The van der Waals surface area contributed by atoms with E-state index >= 15 is 0 Å². The second-order valence-electron chi connectivity index (χ2n) is 5.03. The minimum Gasteiger partial charge on any atom is -0.488 e. The molecule has 2 aromatic rings. The topological polar surface area (TPSA) is 82.7 Å². The molecule has 0 saturated carbocycles. The second kappa shape index (κ2) is 6.91. The Labute approximate surface area is 133 Å². The molecule has 0 aliphatic heterocycles. The molecule has 1 aromatic heterocycles. The Balaban J connectivity index is 2.19. The normalized spacial score (nSPS) is 10.3. The Kier molecular flexibility index (Phi) is 4.95. The first kappa shape index (κ1) is 16.5. The molecule has 0 fully saturated rings. The highest BCUT2D eigenvalue weighted by Crippen LogP contribution is 2.24. The third kappa shape index (κ3) is 3.65. The summed E-state index contributed by atoms with van der Waals surface area (Å²) >= 11 is 0. The first-order valence-electron chi connectivity index (χ1n) is 6.88. The predicted molar refractivity (Wildman–Crippen MR) is 82.8 cm³/mol. The number of amides is 2. The number of ether oxygens (including phenoxy) is 1. The summed E-state index contributed by atoms with van der Waals surface area (Å²) in [6, 6.07) is 6.77. The van der Waals surface area contributed by atoms with E-state index in [1.54, 1.807) is 6.07 Å². The van der Waals surface area contributed by atoms with Gasteiger partial charge in [-0.2, -0.15) is 14.9 Å². The highest BCUT2D eigenvalue weighted by molar-refractivity contribution is 5.89. The summed E-state index contributed by atoms with van der Waals surface area (Å²) in [5.74, 6) is 0.144. The highest BCUT2D eigenvalue weighted by atomic mass is 19.1. The highest BCUT2D eigenvalue weighted by Gasteiger charge is 2.18. The molecule has 0 bridgehead atoms. The molecule has 8 heteroatoms. The predicted octanol–water partition coefficient (Wildman–Crippen LogP) is 3.46. The number of aromatic nitrogens is 1. The van der Waals surface area contributed by atoms with Crippen molar-refractivity contribution < 1.29 is 13.9 Å². The molecule has 2 amide bonds. The summed E-state index contributed by atoms with van der Waals surface area (Å²) in [6.45, 7) is 1.86. The lowest BCUT2D eigenvalue weighted by Gasteiger charge is -2.12. The van der Waals surface area contributed by atoms with Crippen molar-refractivity contribution in [3.8, 4) is 5.75 Å². The molecule has 1 aromatic carbocycles. The van der Waals surface area contributed by atoms with E-state index in [1.165, 1.54) is 24.9 Å². The van der Waals surface area contributed by atoms with Gasteiger partial charge in [-0.15, -0.1) is 0 Å². The molecule has 2 rings (SSSR count). The zero-order valence-electron chi connectivity index (χ0n) is 13.1. The number of hydrogen-bond acceptors (Lipinski definition) is 4. The van der Waals surface area contributed by atoms with Crippen LogP contribution in [0.1, 0.15) is 11.1 Å². The van der Waals surface area contributed by atoms with Gasteiger partial charge in [0, 0.05) is 20.3 Å². The lowest BCUT2D eigenvalue weighted by atomic mass is 10.2. The standard InChI is InChI=1S/C15H18FN5O2/c1-10-6-4-5-7-13(10)23-9-11-12(8-20(2)14(11)16)18-15(22)21(3)19-17/h4-8,17H,9H2,1-3H3,(H,18,22). The van der Waals surface area contributed by atoms with Gasteiger partial charge in [0.25, 0.3) is 0 Å². The lowest BCUT2D eigenvalue weighted by Crippen LogP contribution is -2.26. The number of nitrogens with zero attached hydrogens (tertiary/aromatic N) is 3. The van der Waals surface area contributed by atoms with E-state index in [4.69, 9.17) is 10.3 Å². The van der Waals surface area contributed by atoms with Crippen LogP contribution in [0.4, 0.5) is 14.9 Å². The zero-order chi connectivity index (χ0) is 17.0. The van der Waals surface area contributed by atoms with Gasteiger partial charge in [0.05, 0.1) is 11.3 Å². The molecule has 2 N–H and O–H groups in total. The number of anilines is 1. The van der Waals surface area contributed by atoms with Crippen LogP contribution < -0.4 is 10.1 Å². The minimum absolute atomic E-state index is 0.0329. The van der Waals surface area contributed by atoms with E-state index in [0.29, 0.717) is 5.75 Å². The van der Waals surface area contributed by atoms with Crippen LogP contribution in [-0.4, -0.2) is 22.7 Å². The van der Waals surface area contributed by atoms with Gasteiger partial charge in [-0.1, -0.05) is 23.4 Å². The van der Waals surface area contributed by atoms with E-state index in [2.05, 4.69) is 10.5 Å². The van der Waals surface area contributed by atoms with E-state index in [-0.39, 0.29) is 17.9 Å². The number of hydrogen-bond donors (Lipinski definition) is 2. The van der Waals surface area contributed by atoms with Gasteiger partial charge in [-0.3, -0.25) is 0 Å². The fourth-order valence-corrected chi connectivity index (χ4v) is 2.01. The average Bonchev–Trinajstić information content (AvgIpc) is 2.80. The van der Waals surface area contributed by atoms with Crippen LogP contribution in [0.2, 0.25) is 0 Å². The van der Waals surface area contributed by atoms with E-state index in [1.807, 2.05) is 25.1 Å². The van der Waals surface area contributed by atoms with Gasteiger partial charge in [0.2, 0.25) is 5.95 Å². The largest absolute Gasteiger partial charge is 0.488 e. The van der Waals surface area contributed by atoms with Crippen LogP contribution >= 0.6 is 0 Å². The van der Waals surface area contributed by atoms with Crippen molar-refractivity contribution in [1.82, 2.24) is 9.58 Å².